The standard InChI is InChI=1S/C34H34ClNO11/c1-16-6-9-19(10-7-16)43-25-14-18(8-12-22(25)35)23(37)15-21-26(38)20-11-13-24(17(2)28(20)45-31(21)40)44-32-27(39)29(46-33(36)41)30(42-5)34(3,4)47-32/h6-14,27,29-30,32,38-39H,15H2,1-5H3,(H2,36,41)/t27-,29+,30-,32-/m1/s1. The maximum atomic E-state index is 13.3. The third kappa shape index (κ3) is 6.91. The first kappa shape index (κ1) is 33.7. The van der Waals surface area contributed by atoms with Gasteiger partial charge in [0.2, 0.25) is 6.29 Å². The molecule has 1 amide bonds. The number of halogens is 1. The van der Waals surface area contributed by atoms with Crippen LogP contribution in [0.5, 0.6) is 23.0 Å². The Hall–Kier alpha value is -4.62. The number of amides is 1. The average Bonchev–Trinajstić information content (AvgIpc) is 3.01. The van der Waals surface area contributed by atoms with Crippen LogP contribution >= 0.6 is 11.6 Å². The summed E-state index contributed by atoms with van der Waals surface area (Å²) in [4.78, 5) is 37.9. The highest BCUT2D eigenvalue weighted by Crippen LogP contribution is 2.38. The van der Waals surface area contributed by atoms with Crippen LogP contribution in [-0.2, 0) is 20.6 Å². The summed E-state index contributed by atoms with van der Waals surface area (Å²) in [7, 11) is 1.37. The van der Waals surface area contributed by atoms with Crippen LogP contribution in [0.25, 0.3) is 11.0 Å². The molecule has 5 rings (SSSR count). The Morgan fingerprint density at radius 2 is 1.74 bits per heavy atom. The van der Waals surface area contributed by atoms with E-state index in [0.717, 1.165) is 5.56 Å². The number of nitrogens with two attached hydrogens (primary N) is 1. The number of ether oxygens (including phenoxy) is 5. The first-order valence-electron chi connectivity index (χ1n) is 14.6. The molecule has 4 aromatic rings. The van der Waals surface area contributed by atoms with Crippen LogP contribution in [-0.4, -0.2) is 59.4 Å². The zero-order chi connectivity index (χ0) is 34.2. The van der Waals surface area contributed by atoms with Gasteiger partial charge in [-0.15, -0.1) is 0 Å². The van der Waals surface area contributed by atoms with Crippen LogP contribution in [0.1, 0.15) is 40.9 Å². The Bertz CT molecular complexity index is 1890. The predicted molar refractivity (Wildman–Crippen MR) is 170 cm³/mol. The molecule has 2 heterocycles. The number of aromatic hydroxyl groups is 1. The Balaban J connectivity index is 1.40. The van der Waals surface area contributed by atoms with Gasteiger partial charge in [-0.25, -0.2) is 9.59 Å². The van der Waals surface area contributed by atoms with Crippen molar-refractivity contribution in [2.45, 2.75) is 64.3 Å². The van der Waals surface area contributed by atoms with E-state index in [-0.39, 0.29) is 38.6 Å². The lowest BCUT2D eigenvalue weighted by Crippen LogP contribution is -2.65. The molecule has 1 aromatic heterocycles. The monoisotopic (exact) mass is 667 g/mol. The van der Waals surface area contributed by atoms with Gasteiger partial charge in [0.15, 0.2) is 18.0 Å². The highest BCUT2D eigenvalue weighted by molar-refractivity contribution is 6.32. The lowest BCUT2D eigenvalue weighted by Gasteiger charge is -2.47. The van der Waals surface area contributed by atoms with Crippen LogP contribution in [0.4, 0.5) is 4.79 Å². The maximum absolute atomic E-state index is 13.3. The molecule has 1 saturated heterocycles. The fourth-order valence-electron chi connectivity index (χ4n) is 5.51. The van der Waals surface area contributed by atoms with Crippen molar-refractivity contribution in [3.05, 3.63) is 92.3 Å². The van der Waals surface area contributed by atoms with Gasteiger partial charge < -0.3 is 44.0 Å². The fourth-order valence-corrected chi connectivity index (χ4v) is 5.66. The number of fused-ring (bicyclic) bond motifs is 1. The number of hydrogen-bond donors (Lipinski definition) is 3. The van der Waals surface area contributed by atoms with Gasteiger partial charge in [-0.3, -0.25) is 4.79 Å². The van der Waals surface area contributed by atoms with Crippen LogP contribution in [0.3, 0.4) is 0 Å². The largest absolute Gasteiger partial charge is 0.507 e. The van der Waals surface area contributed by atoms with E-state index in [9.17, 15) is 24.6 Å². The van der Waals surface area contributed by atoms with Crippen molar-refractivity contribution in [1.82, 2.24) is 0 Å². The number of carbonyl (C=O) groups is 2. The van der Waals surface area contributed by atoms with E-state index in [1.165, 1.54) is 37.4 Å². The number of aryl methyl sites for hydroxylation is 2. The molecule has 13 heteroatoms. The van der Waals surface area contributed by atoms with E-state index in [2.05, 4.69) is 0 Å². The smallest absolute Gasteiger partial charge is 0.404 e. The molecule has 1 aliphatic heterocycles. The van der Waals surface area contributed by atoms with Gasteiger partial charge >= 0.3 is 11.7 Å². The molecular formula is C34H34ClNO11. The highest BCUT2D eigenvalue weighted by Gasteiger charge is 2.53. The lowest BCUT2D eigenvalue weighted by molar-refractivity contribution is -0.304. The second kappa shape index (κ2) is 13.2. The van der Waals surface area contributed by atoms with E-state index in [1.807, 2.05) is 19.1 Å². The van der Waals surface area contributed by atoms with Crippen LogP contribution in [0.15, 0.2) is 63.8 Å². The summed E-state index contributed by atoms with van der Waals surface area (Å²) < 4.78 is 33.9. The van der Waals surface area contributed by atoms with E-state index < -0.39 is 59.9 Å². The van der Waals surface area contributed by atoms with Gasteiger partial charge in [0.05, 0.1) is 21.6 Å². The summed E-state index contributed by atoms with van der Waals surface area (Å²) in [5, 5.41) is 22.5. The number of hydrogen-bond acceptors (Lipinski definition) is 11. The topological polar surface area (TPSA) is 177 Å². The van der Waals surface area contributed by atoms with E-state index >= 15 is 0 Å². The van der Waals surface area contributed by atoms with Crippen LogP contribution < -0.4 is 20.8 Å². The minimum absolute atomic E-state index is 0.00857. The number of aliphatic hydroxyl groups excluding tert-OH is 1. The van der Waals surface area contributed by atoms with E-state index in [0.29, 0.717) is 11.3 Å². The molecule has 0 spiro atoms. The molecular weight excluding hydrogens is 634 g/mol. The quantitative estimate of drug-likeness (QED) is 0.155. The lowest BCUT2D eigenvalue weighted by atomic mass is 9.89. The molecule has 1 fully saturated rings. The van der Waals surface area contributed by atoms with Crippen molar-refractivity contribution in [2.24, 2.45) is 5.73 Å². The van der Waals surface area contributed by atoms with Crippen molar-refractivity contribution in [3.63, 3.8) is 0 Å². The molecule has 1 aliphatic rings. The normalized spacial score (nSPS) is 20.5. The van der Waals surface area contributed by atoms with Gasteiger partial charge in [0.25, 0.3) is 0 Å². The summed E-state index contributed by atoms with van der Waals surface area (Å²) in [5.74, 6) is -0.000878. The fraction of sp³-hybridized carbons (Fsp3) is 0.324. The molecule has 248 valence electrons. The van der Waals surface area contributed by atoms with Crippen molar-refractivity contribution < 1.29 is 47.9 Å². The molecule has 4 atom stereocenters. The third-order valence-electron chi connectivity index (χ3n) is 7.95. The Kier molecular flexibility index (Phi) is 9.51. The predicted octanol–water partition coefficient (Wildman–Crippen LogP) is 5.34. The SMILES string of the molecule is CO[C@@H]1[C@@H](OC(N)=O)[C@@H](O)[C@H](Oc2ccc3c(O)c(CC(=O)c4ccc(Cl)c(Oc5ccc(C)cc5)c4)c(=O)oc3c2C)OC1(C)C. The summed E-state index contributed by atoms with van der Waals surface area (Å²) in [5.41, 5.74) is 4.50. The van der Waals surface area contributed by atoms with Crippen molar-refractivity contribution in [3.8, 4) is 23.0 Å². The van der Waals surface area contributed by atoms with Gasteiger partial charge in [-0.1, -0.05) is 29.3 Å². The first-order chi connectivity index (χ1) is 22.2. The zero-order valence-electron chi connectivity index (χ0n) is 26.2. The van der Waals surface area contributed by atoms with Gasteiger partial charge in [-0.2, -0.15) is 0 Å². The molecule has 0 aliphatic carbocycles. The number of benzene rings is 3. The van der Waals surface area contributed by atoms with Crippen molar-refractivity contribution in [2.75, 3.05) is 7.11 Å². The van der Waals surface area contributed by atoms with Gasteiger partial charge in [-0.05, 0) is 70.2 Å². The van der Waals surface area contributed by atoms with Crippen molar-refractivity contribution in [1.29, 1.82) is 0 Å². The van der Waals surface area contributed by atoms with E-state index in [4.69, 9.17) is 45.4 Å². The molecule has 4 N–H and O–H groups in total. The number of Topliss-reactive ketones (excluding diaryl/α,β-unsaturated/α-hetero) is 1. The maximum Gasteiger partial charge on any atom is 0.404 e. The molecule has 3 aromatic carbocycles. The number of carbonyl (C=O) groups excluding carboxylic acids is 2. The summed E-state index contributed by atoms with van der Waals surface area (Å²) >= 11 is 6.31. The van der Waals surface area contributed by atoms with Crippen molar-refractivity contribution >= 4 is 34.4 Å². The number of methoxy groups -OCH3 is 1. The minimum Gasteiger partial charge on any atom is -0.507 e. The summed E-state index contributed by atoms with van der Waals surface area (Å²) in [6.07, 6.45) is -6.55. The minimum atomic E-state index is -1.51. The molecule has 12 nitrogen and oxygen atoms in total. The summed E-state index contributed by atoms with van der Waals surface area (Å²) in [6, 6.07) is 14.7. The van der Waals surface area contributed by atoms with Crippen LogP contribution in [0.2, 0.25) is 5.02 Å². The average molecular weight is 668 g/mol. The Labute approximate surface area is 274 Å². The third-order valence-corrected chi connectivity index (χ3v) is 8.26. The van der Waals surface area contributed by atoms with Gasteiger partial charge in [0.1, 0.15) is 34.7 Å². The van der Waals surface area contributed by atoms with Crippen LogP contribution in [0, 0.1) is 13.8 Å². The van der Waals surface area contributed by atoms with Gasteiger partial charge in [0, 0.05) is 24.7 Å². The second-order valence-corrected chi connectivity index (χ2v) is 12.1. The molecule has 0 saturated carbocycles. The first-order valence-corrected chi connectivity index (χ1v) is 14.9. The molecule has 0 radical (unpaired) electrons. The zero-order valence-corrected chi connectivity index (χ0v) is 27.0. The second-order valence-electron chi connectivity index (χ2n) is 11.7. The van der Waals surface area contributed by atoms with E-state index in [1.54, 1.807) is 32.9 Å². The molecule has 0 unspecified atom stereocenters. The Morgan fingerprint density at radius 1 is 1.04 bits per heavy atom. The highest BCUT2D eigenvalue weighted by atomic mass is 35.5. The summed E-state index contributed by atoms with van der Waals surface area (Å²) in [6.45, 7) is 6.84. The number of primary amides is 1. The molecule has 47 heavy (non-hydrogen) atoms. The number of ketones is 1. The molecule has 0 bridgehead atoms. The Morgan fingerprint density at radius 3 is 2.40 bits per heavy atom. The number of rotatable bonds is 9. The number of aliphatic hydroxyl groups is 1.